The van der Waals surface area contributed by atoms with Crippen LogP contribution in [0.25, 0.3) is 0 Å². The zero-order chi connectivity index (χ0) is 13.7. The van der Waals surface area contributed by atoms with Crippen molar-refractivity contribution in [2.75, 3.05) is 20.7 Å². The van der Waals surface area contributed by atoms with Gasteiger partial charge in [0.15, 0.2) is 0 Å². The fraction of sp³-hybridized carbons (Fsp3) is 0.533. The number of fused-ring (bicyclic) bond motifs is 1. The minimum atomic E-state index is 0.0901. The number of hydrogen-bond donors (Lipinski definition) is 1. The Labute approximate surface area is 114 Å². The summed E-state index contributed by atoms with van der Waals surface area (Å²) in [7, 11) is 3.65. The summed E-state index contributed by atoms with van der Waals surface area (Å²) in [6.45, 7) is 0.809. The van der Waals surface area contributed by atoms with Crippen LogP contribution in [0.4, 0.5) is 0 Å². The molecule has 0 radical (unpaired) electrons. The highest BCUT2D eigenvalue weighted by Crippen LogP contribution is 2.26. The molecule has 104 valence electrons. The third-order valence-electron chi connectivity index (χ3n) is 3.22. The van der Waals surface area contributed by atoms with Crippen molar-refractivity contribution in [3.63, 3.8) is 0 Å². The fourth-order valence-corrected chi connectivity index (χ4v) is 2.32. The highest BCUT2D eigenvalue weighted by molar-refractivity contribution is 5.75. The van der Waals surface area contributed by atoms with Crippen molar-refractivity contribution in [2.45, 2.75) is 32.1 Å². The van der Waals surface area contributed by atoms with Crippen molar-refractivity contribution >= 4 is 5.91 Å². The van der Waals surface area contributed by atoms with Gasteiger partial charge in [0, 0.05) is 26.9 Å². The Hall–Kier alpha value is -1.55. The van der Waals surface area contributed by atoms with Crippen LogP contribution in [0.3, 0.4) is 0 Å². The first-order valence-corrected chi connectivity index (χ1v) is 6.86. The molecule has 0 saturated heterocycles. The third-order valence-corrected chi connectivity index (χ3v) is 3.22. The number of rotatable bonds is 6. The Bertz CT molecular complexity index is 444. The van der Waals surface area contributed by atoms with Crippen LogP contribution in [0, 0.1) is 0 Å². The van der Waals surface area contributed by atoms with Crippen LogP contribution in [0.2, 0.25) is 0 Å². The molecule has 1 aromatic rings. The molecule has 0 unspecified atom stereocenters. The second kappa shape index (κ2) is 6.57. The van der Waals surface area contributed by atoms with E-state index in [9.17, 15) is 4.79 Å². The van der Waals surface area contributed by atoms with Gasteiger partial charge in [0.05, 0.1) is 6.61 Å². The maximum absolute atomic E-state index is 11.4. The summed E-state index contributed by atoms with van der Waals surface area (Å²) in [6, 6.07) is 6.43. The van der Waals surface area contributed by atoms with Gasteiger partial charge in [-0.05, 0) is 36.5 Å². The van der Waals surface area contributed by atoms with Gasteiger partial charge in [0.25, 0.3) is 0 Å². The summed E-state index contributed by atoms with van der Waals surface area (Å²) in [6.07, 6.45) is 4.61. The second-order valence-electron chi connectivity index (χ2n) is 5.18. The van der Waals surface area contributed by atoms with E-state index in [-0.39, 0.29) is 5.91 Å². The largest absolute Gasteiger partial charge is 0.493 e. The second-order valence-corrected chi connectivity index (χ2v) is 5.18. The van der Waals surface area contributed by atoms with Crippen molar-refractivity contribution < 1.29 is 9.53 Å². The van der Waals surface area contributed by atoms with Crippen molar-refractivity contribution in [3.8, 4) is 5.75 Å². The molecule has 2 rings (SSSR count). The molecule has 0 bridgehead atoms. The lowest BCUT2D eigenvalue weighted by Gasteiger charge is -2.11. The molecule has 1 aromatic carbocycles. The van der Waals surface area contributed by atoms with Gasteiger partial charge in [-0.1, -0.05) is 12.1 Å². The Balaban J connectivity index is 1.70. The molecule has 0 saturated carbocycles. The van der Waals surface area contributed by atoms with E-state index in [1.165, 1.54) is 11.1 Å². The molecule has 1 aliphatic heterocycles. The third kappa shape index (κ3) is 4.24. The van der Waals surface area contributed by atoms with Gasteiger partial charge in [-0.15, -0.1) is 0 Å². The summed E-state index contributed by atoms with van der Waals surface area (Å²) in [5, 5.41) is 1.68. The monoisotopic (exact) mass is 262 g/mol. The van der Waals surface area contributed by atoms with E-state index >= 15 is 0 Å². The van der Waals surface area contributed by atoms with E-state index < -0.39 is 0 Å². The van der Waals surface area contributed by atoms with Crippen LogP contribution in [-0.4, -0.2) is 31.6 Å². The molecule has 0 fully saturated rings. The Morgan fingerprint density at radius 3 is 3.00 bits per heavy atom. The molecular weight excluding hydrogens is 240 g/mol. The topological polar surface area (TPSA) is 41.6 Å². The van der Waals surface area contributed by atoms with Crippen LogP contribution < -0.4 is 10.2 Å². The fourth-order valence-electron chi connectivity index (χ4n) is 2.32. The van der Waals surface area contributed by atoms with Gasteiger partial charge >= 0.3 is 0 Å². The van der Waals surface area contributed by atoms with Crippen molar-refractivity contribution in [2.24, 2.45) is 0 Å². The van der Waals surface area contributed by atoms with E-state index in [4.69, 9.17) is 4.74 Å². The Morgan fingerprint density at radius 2 is 2.21 bits per heavy atom. The lowest BCUT2D eigenvalue weighted by atomic mass is 10.0. The number of benzene rings is 1. The van der Waals surface area contributed by atoms with Crippen LogP contribution in [0.5, 0.6) is 5.75 Å². The zero-order valence-corrected chi connectivity index (χ0v) is 11.7. The first kappa shape index (κ1) is 13.9. The standard InChI is InChI=1S/C15H22N2O2/c1-17(2)16-15(18)6-4-3-5-12-7-8-14-13(11-12)9-10-19-14/h7-8,11H,3-6,9-10H2,1-2H3,(H,16,18). The number of carbonyl (C=O) groups is 1. The number of aryl methyl sites for hydroxylation is 1. The first-order chi connectivity index (χ1) is 9.15. The lowest BCUT2D eigenvalue weighted by Crippen LogP contribution is -2.35. The number of amides is 1. The quantitative estimate of drug-likeness (QED) is 0.629. The van der Waals surface area contributed by atoms with Gasteiger partial charge in [0.2, 0.25) is 5.91 Å². The zero-order valence-electron chi connectivity index (χ0n) is 11.7. The van der Waals surface area contributed by atoms with E-state index in [1.54, 1.807) is 5.01 Å². The van der Waals surface area contributed by atoms with E-state index in [0.29, 0.717) is 6.42 Å². The van der Waals surface area contributed by atoms with Gasteiger partial charge in [-0.2, -0.15) is 0 Å². The first-order valence-electron chi connectivity index (χ1n) is 6.86. The van der Waals surface area contributed by atoms with E-state index in [2.05, 4.69) is 23.6 Å². The molecule has 1 N–H and O–H groups in total. The summed E-state index contributed by atoms with van der Waals surface area (Å²) in [5.41, 5.74) is 5.42. The van der Waals surface area contributed by atoms with E-state index in [0.717, 1.165) is 38.0 Å². The SMILES string of the molecule is CN(C)NC(=O)CCCCc1ccc2c(c1)CCO2. The molecule has 19 heavy (non-hydrogen) atoms. The molecule has 4 heteroatoms. The molecule has 1 amide bonds. The predicted molar refractivity (Wildman–Crippen MR) is 75.0 cm³/mol. The number of nitrogens with one attached hydrogen (secondary N) is 1. The smallest absolute Gasteiger partial charge is 0.234 e. The average molecular weight is 262 g/mol. The number of unbranched alkanes of at least 4 members (excludes halogenated alkanes) is 1. The molecule has 1 aliphatic rings. The van der Waals surface area contributed by atoms with Gasteiger partial charge in [-0.3, -0.25) is 10.2 Å². The molecule has 0 aromatic heterocycles. The highest BCUT2D eigenvalue weighted by Gasteiger charge is 2.11. The number of carbonyl (C=O) groups excluding carboxylic acids is 1. The van der Waals surface area contributed by atoms with Crippen LogP contribution >= 0.6 is 0 Å². The summed E-state index contributed by atoms with van der Waals surface area (Å²) in [4.78, 5) is 11.4. The van der Waals surface area contributed by atoms with Gasteiger partial charge in [-0.25, -0.2) is 5.01 Å². The maximum Gasteiger partial charge on any atom is 0.234 e. The molecular formula is C15H22N2O2. The minimum absolute atomic E-state index is 0.0901. The summed E-state index contributed by atoms with van der Waals surface area (Å²) in [5.74, 6) is 1.13. The molecule has 4 nitrogen and oxygen atoms in total. The summed E-state index contributed by atoms with van der Waals surface area (Å²) >= 11 is 0. The number of hydrogen-bond acceptors (Lipinski definition) is 3. The Kier molecular flexibility index (Phi) is 4.80. The van der Waals surface area contributed by atoms with E-state index in [1.807, 2.05) is 14.1 Å². The van der Waals surface area contributed by atoms with Gasteiger partial charge < -0.3 is 4.74 Å². The summed E-state index contributed by atoms with van der Waals surface area (Å²) < 4.78 is 5.49. The predicted octanol–water partition coefficient (Wildman–Crippen LogP) is 1.93. The van der Waals surface area contributed by atoms with Crippen LogP contribution in [0.15, 0.2) is 18.2 Å². The highest BCUT2D eigenvalue weighted by atomic mass is 16.5. The molecule has 0 aliphatic carbocycles. The molecule has 0 spiro atoms. The van der Waals surface area contributed by atoms with Crippen LogP contribution in [0.1, 0.15) is 30.4 Å². The minimum Gasteiger partial charge on any atom is -0.493 e. The van der Waals surface area contributed by atoms with Crippen molar-refractivity contribution in [3.05, 3.63) is 29.3 Å². The van der Waals surface area contributed by atoms with Crippen molar-refractivity contribution in [1.82, 2.24) is 10.4 Å². The number of hydrazine groups is 1. The number of ether oxygens (including phenoxy) is 1. The van der Waals surface area contributed by atoms with Gasteiger partial charge in [0.1, 0.15) is 5.75 Å². The molecule has 1 heterocycles. The molecule has 0 atom stereocenters. The maximum atomic E-state index is 11.4. The normalized spacial score (nSPS) is 13.2. The average Bonchev–Trinajstić information content (AvgIpc) is 2.81. The lowest BCUT2D eigenvalue weighted by molar-refractivity contribution is -0.124. The van der Waals surface area contributed by atoms with Crippen LogP contribution in [-0.2, 0) is 17.6 Å². The van der Waals surface area contributed by atoms with Crippen molar-refractivity contribution in [1.29, 1.82) is 0 Å². The Morgan fingerprint density at radius 1 is 1.37 bits per heavy atom. The number of nitrogens with zero attached hydrogens (tertiary/aromatic N) is 1.